The van der Waals surface area contributed by atoms with Crippen LogP contribution in [0.5, 0.6) is 11.5 Å². The molecule has 10 nitrogen and oxygen atoms in total. The third-order valence-corrected chi connectivity index (χ3v) is 6.55. The molecule has 1 aromatic heterocycles. The van der Waals surface area contributed by atoms with Crippen LogP contribution in [-0.2, 0) is 14.3 Å². The first-order valence-electron chi connectivity index (χ1n) is 12.7. The maximum atomic E-state index is 13.9. The van der Waals surface area contributed by atoms with E-state index in [4.69, 9.17) is 18.6 Å². The summed E-state index contributed by atoms with van der Waals surface area (Å²) in [5, 5.41) is 5.57. The van der Waals surface area contributed by atoms with Crippen LogP contribution in [0.15, 0.2) is 65.3 Å². The summed E-state index contributed by atoms with van der Waals surface area (Å²) in [6.07, 6.45) is 3.07. The summed E-state index contributed by atoms with van der Waals surface area (Å²) in [4.78, 5) is 41.6. The van der Waals surface area contributed by atoms with Crippen LogP contribution in [0.2, 0.25) is 0 Å². The lowest BCUT2D eigenvalue weighted by atomic mass is 10.0. The molecular formula is C29H33N3O7. The molecule has 10 heteroatoms. The van der Waals surface area contributed by atoms with Crippen molar-refractivity contribution in [3.05, 3.63) is 77.7 Å². The number of rotatable bonds is 11. The normalized spacial score (nSPS) is 15.3. The molecular weight excluding hydrogens is 502 g/mol. The summed E-state index contributed by atoms with van der Waals surface area (Å²) < 4.78 is 21.7. The second kappa shape index (κ2) is 13.0. The van der Waals surface area contributed by atoms with E-state index in [0.29, 0.717) is 35.9 Å². The lowest BCUT2D eigenvalue weighted by Gasteiger charge is -2.33. The first-order valence-corrected chi connectivity index (χ1v) is 12.7. The summed E-state index contributed by atoms with van der Waals surface area (Å²) >= 11 is 0. The van der Waals surface area contributed by atoms with Gasteiger partial charge in [-0.25, -0.2) is 0 Å². The van der Waals surface area contributed by atoms with Gasteiger partial charge in [0.05, 0.1) is 33.1 Å². The number of methoxy groups -OCH3 is 2. The van der Waals surface area contributed by atoms with E-state index in [-0.39, 0.29) is 18.4 Å². The fourth-order valence-electron chi connectivity index (χ4n) is 4.54. The van der Waals surface area contributed by atoms with Crippen LogP contribution in [-0.4, -0.2) is 57.7 Å². The molecule has 0 saturated carbocycles. The van der Waals surface area contributed by atoms with Crippen LogP contribution in [0.1, 0.15) is 40.6 Å². The van der Waals surface area contributed by atoms with Crippen molar-refractivity contribution in [2.75, 3.05) is 38.8 Å². The molecule has 3 amide bonds. The lowest BCUT2D eigenvalue weighted by molar-refractivity contribution is -0.126. The van der Waals surface area contributed by atoms with Gasteiger partial charge in [-0.1, -0.05) is 24.3 Å². The predicted molar refractivity (Wildman–Crippen MR) is 144 cm³/mol. The van der Waals surface area contributed by atoms with Gasteiger partial charge in [-0.2, -0.15) is 0 Å². The smallest absolute Gasteiger partial charge is 0.287 e. The molecule has 0 bridgehead atoms. The van der Waals surface area contributed by atoms with Crippen LogP contribution in [0.3, 0.4) is 0 Å². The Morgan fingerprint density at radius 3 is 2.49 bits per heavy atom. The highest BCUT2D eigenvalue weighted by Gasteiger charge is 2.35. The molecule has 1 aliphatic rings. The second-order valence-corrected chi connectivity index (χ2v) is 9.11. The van der Waals surface area contributed by atoms with Crippen LogP contribution in [0.4, 0.5) is 5.69 Å². The molecule has 0 spiro atoms. The van der Waals surface area contributed by atoms with E-state index in [1.165, 1.54) is 31.4 Å². The number of para-hydroxylation sites is 1. The van der Waals surface area contributed by atoms with Gasteiger partial charge >= 0.3 is 0 Å². The maximum absolute atomic E-state index is 13.9. The summed E-state index contributed by atoms with van der Waals surface area (Å²) in [6.45, 7) is 2.46. The summed E-state index contributed by atoms with van der Waals surface area (Å²) in [5.74, 6) is -0.447. The Bertz CT molecular complexity index is 1290. The van der Waals surface area contributed by atoms with Gasteiger partial charge in [0.1, 0.15) is 6.04 Å². The number of anilines is 1. The third-order valence-electron chi connectivity index (χ3n) is 6.55. The predicted octanol–water partition coefficient (Wildman–Crippen LogP) is 3.40. The number of furan rings is 1. The fraction of sp³-hybridized carbons (Fsp3) is 0.345. The van der Waals surface area contributed by atoms with Crippen molar-refractivity contribution in [1.82, 2.24) is 10.6 Å². The standard InChI is InChI=1S/C29H33N3O7/c1-19-8-4-5-10-22(19)32(26(33)18-31-28(34)24-11-7-15-39-24)27(29(35)30-17-21-9-6-14-38-21)20-12-13-23(36-2)25(16-20)37-3/h4-5,7-8,10-13,15-16,21,27H,6,9,14,17-18H2,1-3H3,(H,30,35)(H,31,34). The number of carbonyl (C=O) groups is 3. The largest absolute Gasteiger partial charge is 0.493 e. The Hall–Kier alpha value is -4.31. The minimum atomic E-state index is -1.08. The molecule has 2 atom stereocenters. The van der Waals surface area contributed by atoms with Gasteiger partial charge in [-0.3, -0.25) is 19.3 Å². The van der Waals surface area contributed by atoms with Gasteiger partial charge in [-0.05, 0) is 61.2 Å². The molecule has 2 N–H and O–H groups in total. The van der Waals surface area contributed by atoms with Gasteiger partial charge in [-0.15, -0.1) is 0 Å². The Morgan fingerprint density at radius 2 is 1.82 bits per heavy atom. The van der Waals surface area contributed by atoms with Crippen molar-refractivity contribution in [3.63, 3.8) is 0 Å². The molecule has 39 heavy (non-hydrogen) atoms. The van der Waals surface area contributed by atoms with Crippen molar-refractivity contribution in [1.29, 1.82) is 0 Å². The summed E-state index contributed by atoms with van der Waals surface area (Å²) in [7, 11) is 3.02. The second-order valence-electron chi connectivity index (χ2n) is 9.11. The summed E-state index contributed by atoms with van der Waals surface area (Å²) in [6, 6.07) is 14.4. The zero-order valence-corrected chi connectivity index (χ0v) is 22.3. The number of benzene rings is 2. The van der Waals surface area contributed by atoms with Crippen molar-refractivity contribution < 1.29 is 33.0 Å². The van der Waals surface area contributed by atoms with E-state index in [9.17, 15) is 14.4 Å². The van der Waals surface area contributed by atoms with Gasteiger partial charge in [0.15, 0.2) is 17.3 Å². The quantitative estimate of drug-likeness (QED) is 0.386. The SMILES string of the molecule is COc1ccc(C(C(=O)NCC2CCCO2)N(C(=O)CNC(=O)c2ccco2)c2ccccc2C)cc1OC. The van der Waals surface area contributed by atoms with E-state index >= 15 is 0 Å². The van der Waals surface area contributed by atoms with E-state index in [0.717, 1.165) is 18.4 Å². The molecule has 1 fully saturated rings. The molecule has 1 aliphatic heterocycles. The zero-order valence-electron chi connectivity index (χ0n) is 22.3. The molecule has 4 rings (SSSR count). The van der Waals surface area contributed by atoms with Crippen molar-refractivity contribution in [3.8, 4) is 11.5 Å². The number of nitrogens with zero attached hydrogens (tertiary/aromatic N) is 1. The zero-order chi connectivity index (χ0) is 27.8. The monoisotopic (exact) mass is 535 g/mol. The Labute approximate surface area is 227 Å². The molecule has 206 valence electrons. The van der Waals surface area contributed by atoms with Crippen LogP contribution in [0, 0.1) is 6.92 Å². The van der Waals surface area contributed by atoms with Crippen molar-refractivity contribution in [2.45, 2.75) is 31.9 Å². The van der Waals surface area contributed by atoms with Crippen molar-refractivity contribution >= 4 is 23.4 Å². The topological polar surface area (TPSA) is 119 Å². The maximum Gasteiger partial charge on any atom is 0.287 e. The lowest BCUT2D eigenvalue weighted by Crippen LogP contribution is -2.48. The van der Waals surface area contributed by atoms with E-state index < -0.39 is 23.8 Å². The summed E-state index contributed by atoms with van der Waals surface area (Å²) in [5.41, 5.74) is 1.81. The van der Waals surface area contributed by atoms with Crippen LogP contribution >= 0.6 is 0 Å². The van der Waals surface area contributed by atoms with Gasteiger partial charge in [0, 0.05) is 18.8 Å². The minimum Gasteiger partial charge on any atom is -0.493 e. The number of hydrogen-bond donors (Lipinski definition) is 2. The number of carbonyl (C=O) groups excluding carboxylic acids is 3. The third kappa shape index (κ3) is 6.58. The van der Waals surface area contributed by atoms with Gasteiger partial charge < -0.3 is 29.3 Å². The minimum absolute atomic E-state index is 0.0796. The highest BCUT2D eigenvalue weighted by Crippen LogP contribution is 2.35. The number of ether oxygens (including phenoxy) is 3. The Balaban J connectivity index is 1.72. The van der Waals surface area contributed by atoms with Crippen molar-refractivity contribution in [2.24, 2.45) is 0 Å². The molecule has 0 radical (unpaired) electrons. The van der Waals surface area contributed by atoms with E-state index in [2.05, 4.69) is 10.6 Å². The van der Waals surface area contributed by atoms with Gasteiger partial charge in [0.25, 0.3) is 5.91 Å². The number of hydrogen-bond acceptors (Lipinski definition) is 7. The van der Waals surface area contributed by atoms with E-state index in [1.54, 1.807) is 36.4 Å². The number of amides is 3. The molecule has 0 aliphatic carbocycles. The molecule has 2 aromatic carbocycles. The average Bonchev–Trinajstić information content (AvgIpc) is 3.68. The average molecular weight is 536 g/mol. The Morgan fingerprint density at radius 1 is 1.03 bits per heavy atom. The number of nitrogens with one attached hydrogen (secondary N) is 2. The molecule has 3 aromatic rings. The molecule has 1 saturated heterocycles. The number of aryl methyl sites for hydroxylation is 1. The highest BCUT2D eigenvalue weighted by molar-refractivity contribution is 6.04. The fourth-order valence-corrected chi connectivity index (χ4v) is 4.54. The highest BCUT2D eigenvalue weighted by atomic mass is 16.5. The first kappa shape index (κ1) is 27.7. The van der Waals surface area contributed by atoms with E-state index in [1.807, 2.05) is 19.1 Å². The van der Waals surface area contributed by atoms with Crippen LogP contribution < -0.4 is 25.0 Å². The molecule has 2 unspecified atom stereocenters. The first-order chi connectivity index (χ1) is 18.9. The van der Waals surface area contributed by atoms with Crippen LogP contribution in [0.25, 0.3) is 0 Å². The Kier molecular flexibility index (Phi) is 9.22. The molecule has 2 heterocycles. The van der Waals surface area contributed by atoms with Gasteiger partial charge in [0.2, 0.25) is 11.8 Å².